The normalized spacial score (nSPS) is 13.9. The number of aromatic nitrogens is 2. The first-order chi connectivity index (χ1) is 8.30. The summed E-state index contributed by atoms with van der Waals surface area (Å²) < 4.78 is 1.74. The fraction of sp³-hybridized carbons (Fsp3) is 0.462. The van der Waals surface area contributed by atoms with Crippen molar-refractivity contribution in [1.82, 2.24) is 9.78 Å². The van der Waals surface area contributed by atoms with Gasteiger partial charge in [0.1, 0.15) is 6.10 Å². The quantitative estimate of drug-likeness (QED) is 0.916. The fourth-order valence-corrected chi connectivity index (χ4v) is 3.09. The maximum atomic E-state index is 10.5. The second kappa shape index (κ2) is 4.68. The fourth-order valence-electron chi connectivity index (χ4n) is 1.93. The maximum Gasteiger partial charge on any atom is 0.118 e. The average molecular weight is 285 g/mol. The van der Waals surface area contributed by atoms with E-state index >= 15 is 0 Å². The number of aliphatic hydroxyl groups excluding tert-OH is 1. The third-order valence-electron chi connectivity index (χ3n) is 2.76. The third-order valence-corrected chi connectivity index (χ3v) is 4.17. The van der Waals surface area contributed by atoms with Crippen LogP contribution < -0.4 is 0 Å². The molecule has 0 saturated carbocycles. The summed E-state index contributed by atoms with van der Waals surface area (Å²) in [5.74, 6) is 0. The van der Waals surface area contributed by atoms with Crippen LogP contribution in [0.4, 0.5) is 0 Å². The molecule has 0 spiro atoms. The molecule has 0 fully saturated rings. The van der Waals surface area contributed by atoms with E-state index in [4.69, 9.17) is 11.6 Å². The first kappa shape index (κ1) is 13.6. The molecule has 2 aromatic rings. The number of aliphatic hydroxyl groups is 1. The van der Waals surface area contributed by atoms with Crippen LogP contribution in [0.3, 0.4) is 0 Å². The van der Waals surface area contributed by atoms with Gasteiger partial charge in [0, 0.05) is 24.2 Å². The van der Waals surface area contributed by atoms with Gasteiger partial charge in [-0.1, -0.05) is 32.4 Å². The smallest absolute Gasteiger partial charge is 0.118 e. The van der Waals surface area contributed by atoms with Gasteiger partial charge >= 0.3 is 0 Å². The molecule has 1 N–H and O–H groups in total. The van der Waals surface area contributed by atoms with Gasteiger partial charge in [-0.3, -0.25) is 4.68 Å². The largest absolute Gasteiger partial charge is 0.383 e. The molecule has 0 radical (unpaired) electrons. The molecule has 2 heterocycles. The van der Waals surface area contributed by atoms with Gasteiger partial charge in [-0.25, -0.2) is 0 Å². The lowest BCUT2D eigenvalue weighted by atomic mass is 9.88. The molecule has 0 saturated heterocycles. The van der Waals surface area contributed by atoms with E-state index in [0.717, 1.165) is 16.1 Å². The van der Waals surface area contributed by atoms with Crippen LogP contribution in [0, 0.1) is 0 Å². The lowest BCUT2D eigenvalue weighted by Crippen LogP contribution is -2.16. The van der Waals surface area contributed by atoms with Crippen molar-refractivity contribution in [1.29, 1.82) is 0 Å². The highest BCUT2D eigenvalue weighted by atomic mass is 35.5. The summed E-state index contributed by atoms with van der Waals surface area (Å²) in [6, 6.07) is 1.80. The number of aryl methyl sites for hydroxylation is 1. The molecule has 1 unspecified atom stereocenters. The van der Waals surface area contributed by atoms with Crippen molar-refractivity contribution >= 4 is 22.9 Å². The summed E-state index contributed by atoms with van der Waals surface area (Å²) in [5, 5.41) is 17.4. The minimum Gasteiger partial charge on any atom is -0.383 e. The number of halogens is 1. The van der Waals surface area contributed by atoms with E-state index in [2.05, 4.69) is 25.9 Å². The zero-order valence-corrected chi connectivity index (χ0v) is 12.5. The van der Waals surface area contributed by atoms with Crippen molar-refractivity contribution in [2.24, 2.45) is 7.05 Å². The number of thiophene rings is 1. The van der Waals surface area contributed by atoms with Gasteiger partial charge in [-0.2, -0.15) is 5.10 Å². The molecule has 18 heavy (non-hydrogen) atoms. The second-order valence-corrected chi connectivity index (χ2v) is 6.75. The summed E-state index contributed by atoms with van der Waals surface area (Å²) in [6.07, 6.45) is 1.15. The van der Waals surface area contributed by atoms with Gasteiger partial charge in [-0.05, 0) is 11.4 Å². The summed E-state index contributed by atoms with van der Waals surface area (Å²) in [4.78, 5) is 0.773. The predicted octanol–water partition coefficient (Wildman–Crippen LogP) is 3.51. The molecule has 0 aliphatic heterocycles. The van der Waals surface area contributed by atoms with Crippen molar-refractivity contribution in [3.05, 3.63) is 38.8 Å². The first-order valence-electron chi connectivity index (χ1n) is 5.75. The number of nitrogens with zero attached hydrogens (tertiary/aromatic N) is 2. The van der Waals surface area contributed by atoms with E-state index in [-0.39, 0.29) is 5.41 Å². The Morgan fingerprint density at radius 2 is 2.11 bits per heavy atom. The Morgan fingerprint density at radius 1 is 1.44 bits per heavy atom. The highest BCUT2D eigenvalue weighted by Crippen LogP contribution is 2.36. The molecule has 0 aromatic carbocycles. The van der Waals surface area contributed by atoms with Crippen LogP contribution >= 0.6 is 22.9 Å². The Balaban J connectivity index is 2.49. The highest BCUT2D eigenvalue weighted by molar-refractivity contribution is 7.10. The topological polar surface area (TPSA) is 38.0 Å². The van der Waals surface area contributed by atoms with E-state index in [1.165, 1.54) is 11.3 Å². The Bertz CT molecular complexity index is 554. The number of hydrogen-bond acceptors (Lipinski definition) is 3. The van der Waals surface area contributed by atoms with Crippen LogP contribution in [-0.4, -0.2) is 14.9 Å². The Hall–Kier alpha value is -0.840. The van der Waals surface area contributed by atoms with Crippen LogP contribution in [0.25, 0.3) is 0 Å². The lowest BCUT2D eigenvalue weighted by molar-refractivity contribution is 0.221. The van der Waals surface area contributed by atoms with E-state index in [1.54, 1.807) is 10.7 Å². The van der Waals surface area contributed by atoms with E-state index < -0.39 is 6.10 Å². The molecule has 0 bridgehead atoms. The third kappa shape index (κ3) is 2.46. The SMILES string of the molecule is Cn1cc(C(O)c2sccc2Cl)c(C(C)(C)C)n1. The van der Waals surface area contributed by atoms with Crippen molar-refractivity contribution in [2.45, 2.75) is 32.3 Å². The van der Waals surface area contributed by atoms with E-state index in [9.17, 15) is 5.11 Å². The molecule has 3 nitrogen and oxygen atoms in total. The molecule has 2 aromatic heterocycles. The van der Waals surface area contributed by atoms with Gasteiger partial charge < -0.3 is 5.11 Å². The van der Waals surface area contributed by atoms with Crippen molar-refractivity contribution in [3.63, 3.8) is 0 Å². The van der Waals surface area contributed by atoms with Gasteiger partial charge in [0.05, 0.1) is 15.6 Å². The summed E-state index contributed by atoms with van der Waals surface area (Å²) in [6.45, 7) is 6.25. The molecule has 0 amide bonds. The number of hydrogen-bond donors (Lipinski definition) is 1. The molecule has 5 heteroatoms. The van der Waals surface area contributed by atoms with Crippen LogP contribution in [0.2, 0.25) is 5.02 Å². The van der Waals surface area contributed by atoms with E-state index in [1.807, 2.05) is 18.6 Å². The Morgan fingerprint density at radius 3 is 2.61 bits per heavy atom. The van der Waals surface area contributed by atoms with Gasteiger partial charge in [0.15, 0.2) is 0 Å². The summed E-state index contributed by atoms with van der Waals surface area (Å²) >= 11 is 7.54. The van der Waals surface area contributed by atoms with Crippen LogP contribution in [-0.2, 0) is 12.5 Å². The molecular weight excluding hydrogens is 268 g/mol. The predicted molar refractivity (Wildman–Crippen MR) is 75.3 cm³/mol. The standard InChI is InChI=1S/C13H17ClN2OS/c1-13(2,3)12-8(7-16(4)15-12)10(17)11-9(14)5-6-18-11/h5-7,10,17H,1-4H3. The van der Waals surface area contributed by atoms with Crippen LogP contribution in [0.15, 0.2) is 17.6 Å². The Labute approximate surface area is 116 Å². The molecule has 0 aliphatic carbocycles. The van der Waals surface area contributed by atoms with Crippen molar-refractivity contribution < 1.29 is 5.11 Å². The van der Waals surface area contributed by atoms with Crippen LogP contribution in [0.1, 0.15) is 43.0 Å². The minimum absolute atomic E-state index is 0.110. The maximum absolute atomic E-state index is 10.5. The summed E-state index contributed by atoms with van der Waals surface area (Å²) in [5.41, 5.74) is 1.62. The zero-order valence-electron chi connectivity index (χ0n) is 10.9. The molecule has 0 aliphatic rings. The minimum atomic E-state index is -0.708. The molecule has 98 valence electrons. The highest BCUT2D eigenvalue weighted by Gasteiger charge is 2.27. The molecular formula is C13H17ClN2OS. The van der Waals surface area contributed by atoms with Gasteiger partial charge in [-0.15, -0.1) is 11.3 Å². The van der Waals surface area contributed by atoms with E-state index in [0.29, 0.717) is 5.02 Å². The first-order valence-corrected chi connectivity index (χ1v) is 7.01. The average Bonchev–Trinajstić information content (AvgIpc) is 2.82. The second-order valence-electron chi connectivity index (χ2n) is 5.39. The van der Waals surface area contributed by atoms with Crippen LogP contribution in [0.5, 0.6) is 0 Å². The van der Waals surface area contributed by atoms with Crippen molar-refractivity contribution in [2.75, 3.05) is 0 Å². The zero-order chi connectivity index (χ0) is 13.5. The lowest BCUT2D eigenvalue weighted by Gasteiger charge is -2.19. The molecule has 2 rings (SSSR count). The van der Waals surface area contributed by atoms with Crippen molar-refractivity contribution in [3.8, 4) is 0 Å². The van der Waals surface area contributed by atoms with Gasteiger partial charge in [0.2, 0.25) is 0 Å². The summed E-state index contributed by atoms with van der Waals surface area (Å²) in [7, 11) is 1.86. The Kier molecular flexibility index (Phi) is 3.54. The molecule has 1 atom stereocenters. The number of rotatable bonds is 2. The monoisotopic (exact) mass is 284 g/mol. The van der Waals surface area contributed by atoms with Gasteiger partial charge in [0.25, 0.3) is 0 Å².